The third-order valence-electron chi connectivity index (χ3n) is 1.43. The van der Waals surface area contributed by atoms with Crippen LogP contribution in [0.1, 0.15) is 27.2 Å². The Bertz CT molecular complexity index is 173. The standard InChI is InChI=1S/C8H16N2O3/c1-4-5-10(9-12)6-7(2)13-8(3)11/h7H,4-6H2,1-3H3. The van der Waals surface area contributed by atoms with Crippen molar-refractivity contribution in [2.75, 3.05) is 13.1 Å². The fraction of sp³-hybridized carbons (Fsp3) is 0.875. The summed E-state index contributed by atoms with van der Waals surface area (Å²) in [4.78, 5) is 20.8. The quantitative estimate of drug-likeness (QED) is 0.358. The van der Waals surface area contributed by atoms with E-state index in [0.717, 1.165) is 6.42 Å². The molecule has 13 heavy (non-hydrogen) atoms. The van der Waals surface area contributed by atoms with Crippen molar-refractivity contribution in [2.24, 2.45) is 5.29 Å². The molecule has 1 unspecified atom stereocenters. The smallest absolute Gasteiger partial charge is 0.302 e. The van der Waals surface area contributed by atoms with Gasteiger partial charge in [-0.15, -0.1) is 4.91 Å². The number of carbonyl (C=O) groups excluding carboxylic acids is 1. The van der Waals surface area contributed by atoms with E-state index < -0.39 is 0 Å². The molecule has 0 aliphatic heterocycles. The van der Waals surface area contributed by atoms with E-state index in [0.29, 0.717) is 13.1 Å². The minimum atomic E-state index is -0.338. The fourth-order valence-electron chi connectivity index (χ4n) is 1.04. The Kier molecular flexibility index (Phi) is 5.84. The summed E-state index contributed by atoms with van der Waals surface area (Å²) < 4.78 is 4.85. The molecule has 0 spiro atoms. The summed E-state index contributed by atoms with van der Waals surface area (Å²) in [7, 11) is 0. The highest BCUT2D eigenvalue weighted by Gasteiger charge is 2.10. The number of carbonyl (C=O) groups is 1. The van der Waals surface area contributed by atoms with Crippen LogP contribution in [0.15, 0.2) is 5.29 Å². The van der Waals surface area contributed by atoms with Crippen LogP contribution < -0.4 is 0 Å². The van der Waals surface area contributed by atoms with E-state index in [4.69, 9.17) is 4.74 Å². The average Bonchev–Trinajstić information content (AvgIpc) is 2.02. The first-order chi connectivity index (χ1) is 6.10. The molecule has 0 amide bonds. The van der Waals surface area contributed by atoms with Crippen LogP contribution in [0.5, 0.6) is 0 Å². The zero-order valence-electron chi connectivity index (χ0n) is 8.32. The molecule has 0 aromatic carbocycles. The van der Waals surface area contributed by atoms with Crippen molar-refractivity contribution in [2.45, 2.75) is 33.3 Å². The van der Waals surface area contributed by atoms with Crippen molar-refractivity contribution in [3.8, 4) is 0 Å². The van der Waals surface area contributed by atoms with Gasteiger partial charge in [-0.1, -0.05) is 6.92 Å². The Morgan fingerprint density at radius 3 is 2.62 bits per heavy atom. The predicted octanol–water partition coefficient (Wildman–Crippen LogP) is 1.33. The second-order valence-corrected chi connectivity index (χ2v) is 2.91. The van der Waals surface area contributed by atoms with Crippen LogP contribution in [0.4, 0.5) is 0 Å². The van der Waals surface area contributed by atoms with Gasteiger partial charge in [-0.25, -0.2) is 0 Å². The summed E-state index contributed by atoms with van der Waals surface area (Å²) in [6.45, 7) is 5.98. The van der Waals surface area contributed by atoms with Gasteiger partial charge in [-0.05, 0) is 13.3 Å². The van der Waals surface area contributed by atoms with E-state index in [-0.39, 0.29) is 12.1 Å². The summed E-state index contributed by atoms with van der Waals surface area (Å²) >= 11 is 0. The molecule has 5 nitrogen and oxygen atoms in total. The van der Waals surface area contributed by atoms with Crippen LogP contribution in [0, 0.1) is 4.91 Å². The molecule has 0 radical (unpaired) electrons. The number of nitrogens with zero attached hydrogens (tertiary/aromatic N) is 2. The van der Waals surface area contributed by atoms with Crippen molar-refractivity contribution < 1.29 is 9.53 Å². The van der Waals surface area contributed by atoms with Crippen LogP contribution in [0.3, 0.4) is 0 Å². The molecule has 0 rings (SSSR count). The average molecular weight is 188 g/mol. The molecule has 0 bridgehead atoms. The Hall–Kier alpha value is -1.13. The predicted molar refractivity (Wildman–Crippen MR) is 48.9 cm³/mol. The van der Waals surface area contributed by atoms with Gasteiger partial charge in [0.15, 0.2) is 0 Å². The number of hydrogen-bond donors (Lipinski definition) is 0. The van der Waals surface area contributed by atoms with Crippen molar-refractivity contribution >= 4 is 5.97 Å². The van der Waals surface area contributed by atoms with E-state index >= 15 is 0 Å². The Labute approximate surface area is 78.0 Å². The van der Waals surface area contributed by atoms with Gasteiger partial charge in [0.1, 0.15) is 6.10 Å². The van der Waals surface area contributed by atoms with Crippen molar-refractivity contribution in [1.82, 2.24) is 5.01 Å². The maximum Gasteiger partial charge on any atom is 0.302 e. The van der Waals surface area contributed by atoms with Gasteiger partial charge in [-0.3, -0.25) is 9.80 Å². The summed E-state index contributed by atoms with van der Waals surface area (Å²) in [6, 6.07) is 0. The Morgan fingerprint density at radius 2 is 2.23 bits per heavy atom. The summed E-state index contributed by atoms with van der Waals surface area (Å²) in [6.07, 6.45) is 0.556. The van der Waals surface area contributed by atoms with E-state index in [1.165, 1.54) is 11.9 Å². The van der Waals surface area contributed by atoms with Crippen molar-refractivity contribution in [3.63, 3.8) is 0 Å². The molecule has 0 fully saturated rings. The Morgan fingerprint density at radius 1 is 1.62 bits per heavy atom. The van der Waals surface area contributed by atoms with Crippen LogP contribution >= 0.6 is 0 Å². The number of nitroso groups, excluding NO2 is 1. The van der Waals surface area contributed by atoms with Crippen LogP contribution in [0.25, 0.3) is 0 Å². The summed E-state index contributed by atoms with van der Waals surface area (Å²) in [5, 5.41) is 4.17. The van der Waals surface area contributed by atoms with Gasteiger partial charge >= 0.3 is 5.97 Å². The first-order valence-electron chi connectivity index (χ1n) is 4.35. The zero-order chi connectivity index (χ0) is 10.3. The monoisotopic (exact) mass is 188 g/mol. The lowest BCUT2D eigenvalue weighted by molar-refractivity contribution is -0.146. The van der Waals surface area contributed by atoms with Gasteiger partial charge in [0, 0.05) is 13.5 Å². The molecule has 0 saturated carbocycles. The number of hydrogen-bond acceptors (Lipinski definition) is 4. The van der Waals surface area contributed by atoms with Crippen LogP contribution in [-0.2, 0) is 9.53 Å². The molecule has 0 aromatic heterocycles. The van der Waals surface area contributed by atoms with E-state index in [1.807, 2.05) is 6.92 Å². The topological polar surface area (TPSA) is 59.0 Å². The maximum atomic E-state index is 10.5. The van der Waals surface area contributed by atoms with Gasteiger partial charge in [0.05, 0.1) is 11.8 Å². The summed E-state index contributed by atoms with van der Waals surface area (Å²) in [5.41, 5.74) is 0. The minimum Gasteiger partial charge on any atom is -0.461 e. The molecule has 0 heterocycles. The molecule has 0 aliphatic rings. The lowest BCUT2D eigenvalue weighted by atomic mass is 10.3. The van der Waals surface area contributed by atoms with E-state index in [2.05, 4.69) is 5.29 Å². The Balaban J connectivity index is 3.78. The second kappa shape index (κ2) is 6.39. The second-order valence-electron chi connectivity index (χ2n) is 2.91. The lowest BCUT2D eigenvalue weighted by Crippen LogP contribution is -2.29. The van der Waals surface area contributed by atoms with Crippen molar-refractivity contribution in [3.05, 3.63) is 4.91 Å². The van der Waals surface area contributed by atoms with Crippen LogP contribution in [0.2, 0.25) is 0 Å². The van der Waals surface area contributed by atoms with Crippen molar-refractivity contribution in [1.29, 1.82) is 0 Å². The minimum absolute atomic E-state index is 0.290. The maximum absolute atomic E-state index is 10.5. The molecule has 76 valence electrons. The molecule has 5 heteroatoms. The van der Waals surface area contributed by atoms with Crippen LogP contribution in [-0.4, -0.2) is 30.2 Å². The first kappa shape index (κ1) is 11.9. The highest BCUT2D eigenvalue weighted by atomic mass is 16.5. The third-order valence-corrected chi connectivity index (χ3v) is 1.43. The molecular weight excluding hydrogens is 172 g/mol. The van der Waals surface area contributed by atoms with Gasteiger partial charge in [0.25, 0.3) is 0 Å². The SMILES string of the molecule is CCCN(CC(C)OC(C)=O)N=O. The van der Waals surface area contributed by atoms with Gasteiger partial charge in [0.2, 0.25) is 0 Å². The fourth-order valence-corrected chi connectivity index (χ4v) is 1.04. The van der Waals surface area contributed by atoms with E-state index in [9.17, 15) is 9.70 Å². The largest absolute Gasteiger partial charge is 0.461 e. The molecule has 0 N–H and O–H groups in total. The molecule has 0 saturated heterocycles. The lowest BCUT2D eigenvalue weighted by Gasteiger charge is -2.18. The molecule has 1 atom stereocenters. The first-order valence-corrected chi connectivity index (χ1v) is 4.35. The highest BCUT2D eigenvalue weighted by molar-refractivity contribution is 5.66. The van der Waals surface area contributed by atoms with Gasteiger partial charge in [-0.2, -0.15) is 0 Å². The van der Waals surface area contributed by atoms with E-state index in [1.54, 1.807) is 6.92 Å². The molecular formula is C8H16N2O3. The normalized spacial score (nSPS) is 11.9. The molecule has 0 aliphatic carbocycles. The highest BCUT2D eigenvalue weighted by Crippen LogP contribution is 1.98. The third kappa shape index (κ3) is 6.07. The molecule has 0 aromatic rings. The summed E-state index contributed by atoms with van der Waals surface area (Å²) in [5.74, 6) is -0.338. The number of rotatable bonds is 6. The number of ether oxygens (including phenoxy) is 1. The number of esters is 1. The zero-order valence-corrected chi connectivity index (χ0v) is 8.32. The van der Waals surface area contributed by atoms with Gasteiger partial charge < -0.3 is 4.74 Å².